The maximum Gasteiger partial charge on any atom is 0.290 e. The number of pyridine rings is 1. The van der Waals surface area contributed by atoms with E-state index in [0.29, 0.717) is 23.3 Å². The number of halogens is 1. The van der Waals surface area contributed by atoms with Crippen LogP contribution >= 0.6 is 0 Å². The Morgan fingerprint density at radius 2 is 1.95 bits per heavy atom. The van der Waals surface area contributed by atoms with Gasteiger partial charge >= 0.3 is 0 Å². The van der Waals surface area contributed by atoms with Gasteiger partial charge in [0, 0.05) is 83.3 Å². The molecule has 0 bridgehead atoms. The van der Waals surface area contributed by atoms with Crippen molar-refractivity contribution < 1.29 is 13.9 Å². The third kappa shape index (κ3) is 5.62. The summed E-state index contributed by atoms with van der Waals surface area (Å²) in [5.74, 6) is -0.399. The SMILES string of the molecule is CO[C@@H]1CN(c2ccc(CCN3CCN4[C@@H](C3)CN(c3ccc(C#N)n5ncc(F)c35)C[C@H]4C)cc2)C[C@H]1N[B]C=O. The summed E-state index contributed by atoms with van der Waals surface area (Å²) in [6, 6.07) is 15.3. The fourth-order valence-electron chi connectivity index (χ4n) is 6.93. The Labute approximate surface area is 246 Å². The van der Waals surface area contributed by atoms with Crippen molar-refractivity contribution >= 4 is 30.5 Å². The van der Waals surface area contributed by atoms with E-state index >= 15 is 0 Å². The molecule has 3 fully saturated rings. The number of hydrogen-bond acceptors (Lipinski definition) is 9. The molecule has 3 aliphatic rings. The summed E-state index contributed by atoms with van der Waals surface area (Å²) >= 11 is 0. The summed E-state index contributed by atoms with van der Waals surface area (Å²) in [5.41, 5.74) is 3.97. The average molecular weight is 571 g/mol. The minimum Gasteiger partial charge on any atom is -0.378 e. The predicted octanol–water partition coefficient (Wildman–Crippen LogP) is 1.39. The highest BCUT2D eigenvalue weighted by Gasteiger charge is 2.37. The molecule has 0 unspecified atom stereocenters. The maximum atomic E-state index is 14.8. The molecule has 0 aliphatic carbocycles. The van der Waals surface area contributed by atoms with E-state index in [1.165, 1.54) is 23.7 Å². The van der Waals surface area contributed by atoms with Crippen LogP contribution in [-0.2, 0) is 16.0 Å². The van der Waals surface area contributed by atoms with Gasteiger partial charge in [-0.1, -0.05) is 12.1 Å². The zero-order chi connectivity index (χ0) is 29.2. The first-order valence-electron chi connectivity index (χ1n) is 14.7. The van der Waals surface area contributed by atoms with Crippen LogP contribution in [0.3, 0.4) is 0 Å². The van der Waals surface area contributed by atoms with Crippen LogP contribution < -0.4 is 15.0 Å². The van der Waals surface area contributed by atoms with Crippen molar-refractivity contribution in [1.29, 1.82) is 5.26 Å². The van der Waals surface area contributed by atoms with Gasteiger partial charge in [0.15, 0.2) is 5.82 Å². The zero-order valence-corrected chi connectivity index (χ0v) is 24.2. The van der Waals surface area contributed by atoms with Gasteiger partial charge in [-0.25, -0.2) is 8.91 Å². The van der Waals surface area contributed by atoms with Crippen LogP contribution in [0, 0.1) is 17.1 Å². The van der Waals surface area contributed by atoms with E-state index in [4.69, 9.17) is 4.74 Å². The molecule has 10 nitrogen and oxygen atoms in total. The second kappa shape index (κ2) is 12.4. The zero-order valence-electron chi connectivity index (χ0n) is 24.2. The molecular formula is C30H37BFN8O2. The van der Waals surface area contributed by atoms with E-state index in [0.717, 1.165) is 76.3 Å². The van der Waals surface area contributed by atoms with Crippen molar-refractivity contribution in [2.75, 3.05) is 69.3 Å². The standard InChI is InChI=1S/C30H37BFN8O2/c1-21-15-38(28-8-7-24(13-33)40-30(28)26(32)14-34-40)17-25-16-36(11-12-39(21)25)10-9-22-3-5-23(6-4-22)37-18-27(35-31-20-41)29(19-37)42-2/h3-8,14,20-21,25,27,29,35H,9-12,15-19H2,1-2H3/t21-,25+,27-,29-/m1/s1. The van der Waals surface area contributed by atoms with Crippen molar-refractivity contribution in [2.45, 2.75) is 37.6 Å². The topological polar surface area (TPSA) is 92.4 Å². The quantitative estimate of drug-likeness (QED) is 0.302. The van der Waals surface area contributed by atoms with Gasteiger partial charge in [0.1, 0.15) is 17.3 Å². The van der Waals surface area contributed by atoms with E-state index in [-0.39, 0.29) is 12.1 Å². The van der Waals surface area contributed by atoms with Gasteiger partial charge < -0.3 is 29.5 Å². The first-order valence-corrected chi connectivity index (χ1v) is 14.7. The number of ether oxygens (including phenoxy) is 1. The number of methoxy groups -OCH3 is 1. The summed E-state index contributed by atoms with van der Waals surface area (Å²) in [5, 5.41) is 16.7. The van der Waals surface area contributed by atoms with Crippen molar-refractivity contribution in [3.63, 3.8) is 0 Å². The number of carbonyl (C=O) groups excluding carboxylic acids is 1. The highest BCUT2D eigenvalue weighted by molar-refractivity contribution is 6.64. The van der Waals surface area contributed by atoms with E-state index in [9.17, 15) is 14.4 Å². The van der Waals surface area contributed by atoms with Crippen LogP contribution in [0.5, 0.6) is 0 Å². The molecule has 0 spiro atoms. The first kappa shape index (κ1) is 28.6. The number of nitrogens with zero attached hydrogens (tertiary/aromatic N) is 7. The number of nitrogens with one attached hydrogen (secondary N) is 1. The Hall–Kier alpha value is -3.50. The number of piperazine rings is 2. The Bertz CT molecular complexity index is 1450. The number of rotatable bonds is 9. The summed E-state index contributed by atoms with van der Waals surface area (Å²) in [4.78, 5) is 20.4. The van der Waals surface area contributed by atoms with E-state index in [1.54, 1.807) is 13.2 Å². The number of fused-ring (bicyclic) bond motifs is 2. The maximum absolute atomic E-state index is 14.8. The van der Waals surface area contributed by atoms with Crippen molar-refractivity contribution in [2.24, 2.45) is 0 Å². The molecule has 5 heterocycles. The molecule has 4 atom stereocenters. The molecule has 1 N–H and O–H groups in total. The van der Waals surface area contributed by atoms with Crippen LogP contribution in [0.2, 0.25) is 0 Å². The number of hydrogen-bond donors (Lipinski definition) is 1. The molecule has 1 radical (unpaired) electrons. The summed E-state index contributed by atoms with van der Waals surface area (Å²) < 4.78 is 21.8. The van der Waals surface area contributed by atoms with Crippen LogP contribution in [0.15, 0.2) is 42.6 Å². The largest absolute Gasteiger partial charge is 0.378 e. The van der Waals surface area contributed by atoms with Gasteiger partial charge in [0.2, 0.25) is 0 Å². The number of anilines is 2. The first-order chi connectivity index (χ1) is 20.5. The molecule has 3 aliphatic heterocycles. The lowest BCUT2D eigenvalue weighted by atomic mass is 9.96. The summed E-state index contributed by atoms with van der Waals surface area (Å²) in [7, 11) is 3.16. The van der Waals surface area contributed by atoms with E-state index < -0.39 is 5.82 Å². The van der Waals surface area contributed by atoms with Gasteiger partial charge in [0.05, 0.1) is 24.2 Å². The molecular weight excluding hydrogens is 534 g/mol. The predicted molar refractivity (Wildman–Crippen MR) is 161 cm³/mol. The number of aromatic nitrogens is 2. The summed E-state index contributed by atoms with van der Waals surface area (Å²) in [6.07, 6.45) is 2.96. The minimum atomic E-state index is -0.399. The Balaban J connectivity index is 1.07. The Morgan fingerprint density at radius 1 is 1.12 bits per heavy atom. The number of benzene rings is 1. The fraction of sp³-hybridized carbons (Fsp3) is 0.500. The lowest BCUT2D eigenvalue weighted by Gasteiger charge is -2.51. The minimum absolute atomic E-state index is 0.0278. The molecule has 2 aromatic heterocycles. The van der Waals surface area contributed by atoms with E-state index in [1.807, 2.05) is 6.07 Å². The highest BCUT2D eigenvalue weighted by Crippen LogP contribution is 2.30. The molecule has 12 heteroatoms. The third-order valence-corrected chi connectivity index (χ3v) is 9.11. The fourth-order valence-corrected chi connectivity index (χ4v) is 6.93. The van der Waals surface area contributed by atoms with E-state index in [2.05, 4.69) is 67.2 Å². The molecule has 0 saturated carbocycles. The Kier molecular flexibility index (Phi) is 8.44. The molecule has 42 heavy (non-hydrogen) atoms. The van der Waals surface area contributed by atoms with Crippen LogP contribution in [0.1, 0.15) is 18.2 Å². The highest BCUT2D eigenvalue weighted by atomic mass is 19.1. The van der Waals surface area contributed by atoms with Crippen molar-refractivity contribution in [1.82, 2.24) is 24.6 Å². The Morgan fingerprint density at radius 3 is 2.71 bits per heavy atom. The molecule has 219 valence electrons. The van der Waals surface area contributed by atoms with Crippen molar-refractivity contribution in [3.05, 3.63) is 59.7 Å². The molecule has 3 aromatic rings. The van der Waals surface area contributed by atoms with Crippen LogP contribution in [-0.4, -0.2) is 117 Å². The third-order valence-electron chi connectivity index (χ3n) is 9.11. The molecule has 3 saturated heterocycles. The van der Waals surface area contributed by atoms with Gasteiger partial charge in [0.25, 0.3) is 7.41 Å². The smallest absolute Gasteiger partial charge is 0.290 e. The number of nitriles is 1. The summed E-state index contributed by atoms with van der Waals surface area (Å²) in [6.45, 7) is 9.44. The molecule has 1 aromatic carbocycles. The lowest BCUT2D eigenvalue weighted by molar-refractivity contribution is 0.0356. The van der Waals surface area contributed by atoms with Crippen LogP contribution in [0.25, 0.3) is 5.52 Å². The van der Waals surface area contributed by atoms with Gasteiger partial charge in [-0.2, -0.15) is 10.4 Å². The average Bonchev–Trinajstić information content (AvgIpc) is 3.62. The molecule has 6 rings (SSSR count). The monoisotopic (exact) mass is 571 g/mol. The number of carbonyl (C=O) groups is 1. The second-order valence-electron chi connectivity index (χ2n) is 11.6. The van der Waals surface area contributed by atoms with Gasteiger partial charge in [-0.05, 0) is 43.2 Å². The second-order valence-corrected chi connectivity index (χ2v) is 11.6. The van der Waals surface area contributed by atoms with Crippen LogP contribution in [0.4, 0.5) is 15.8 Å². The normalized spacial score (nSPS) is 25.0. The van der Waals surface area contributed by atoms with Crippen molar-refractivity contribution in [3.8, 4) is 6.07 Å². The van der Waals surface area contributed by atoms with Gasteiger partial charge in [-0.3, -0.25) is 4.90 Å². The lowest BCUT2D eigenvalue weighted by Crippen LogP contribution is -2.65. The molecule has 0 amide bonds. The van der Waals surface area contributed by atoms with Gasteiger partial charge in [-0.15, -0.1) is 0 Å².